The van der Waals surface area contributed by atoms with Crippen molar-refractivity contribution in [1.82, 2.24) is 10.6 Å². The minimum atomic E-state index is -0.807. The molecular formula is C13H22N2O4. The van der Waals surface area contributed by atoms with E-state index >= 15 is 0 Å². The van der Waals surface area contributed by atoms with Crippen LogP contribution < -0.4 is 10.6 Å². The minimum Gasteiger partial charge on any atom is -0.481 e. The van der Waals surface area contributed by atoms with Gasteiger partial charge in [0.2, 0.25) is 0 Å². The Hall–Kier alpha value is -1.30. The molecule has 0 radical (unpaired) electrons. The second kappa shape index (κ2) is 6.23. The molecule has 0 bridgehead atoms. The maximum Gasteiger partial charge on any atom is 0.314 e. The van der Waals surface area contributed by atoms with Gasteiger partial charge in [-0.2, -0.15) is 0 Å². The van der Waals surface area contributed by atoms with Crippen molar-refractivity contribution in [2.45, 2.75) is 44.6 Å². The third-order valence-electron chi connectivity index (χ3n) is 4.13. The molecule has 2 amide bonds. The Balaban J connectivity index is 1.60. The normalized spacial score (nSPS) is 24.5. The van der Waals surface area contributed by atoms with Crippen LogP contribution in [0.1, 0.15) is 38.5 Å². The number of ether oxygens (including phenoxy) is 1. The summed E-state index contributed by atoms with van der Waals surface area (Å²) in [4.78, 5) is 22.7. The summed E-state index contributed by atoms with van der Waals surface area (Å²) in [5.74, 6) is -0.807. The molecule has 6 heteroatoms. The average Bonchev–Trinajstić information content (AvgIpc) is 2.80. The summed E-state index contributed by atoms with van der Waals surface area (Å²) in [7, 11) is 0. The molecule has 1 heterocycles. The fraction of sp³-hybridized carbons (Fsp3) is 0.846. The van der Waals surface area contributed by atoms with Gasteiger partial charge in [-0.3, -0.25) is 4.79 Å². The van der Waals surface area contributed by atoms with E-state index in [4.69, 9.17) is 9.84 Å². The number of aliphatic carboxylic acids is 1. The summed E-state index contributed by atoms with van der Waals surface area (Å²) >= 11 is 0. The Labute approximate surface area is 112 Å². The molecule has 1 unspecified atom stereocenters. The fourth-order valence-electron chi connectivity index (χ4n) is 2.60. The Morgan fingerprint density at radius 1 is 1.26 bits per heavy atom. The zero-order valence-electron chi connectivity index (χ0n) is 11.1. The van der Waals surface area contributed by atoms with Crippen LogP contribution in [0.2, 0.25) is 0 Å². The maximum atomic E-state index is 11.6. The first kappa shape index (κ1) is 14.1. The molecule has 0 aromatic heterocycles. The van der Waals surface area contributed by atoms with Crippen molar-refractivity contribution >= 4 is 12.0 Å². The van der Waals surface area contributed by atoms with Gasteiger partial charge in [0.1, 0.15) is 0 Å². The van der Waals surface area contributed by atoms with Crippen LogP contribution in [-0.2, 0) is 9.53 Å². The summed E-state index contributed by atoms with van der Waals surface area (Å²) in [5.41, 5.74) is -0.730. The molecule has 1 atom stereocenters. The lowest BCUT2D eigenvalue weighted by molar-refractivity contribution is -0.153. The van der Waals surface area contributed by atoms with Crippen LogP contribution in [0.5, 0.6) is 0 Å². The number of amides is 2. The van der Waals surface area contributed by atoms with E-state index in [2.05, 4.69) is 10.6 Å². The predicted molar refractivity (Wildman–Crippen MR) is 68.9 cm³/mol. The van der Waals surface area contributed by atoms with Crippen LogP contribution in [0.15, 0.2) is 0 Å². The van der Waals surface area contributed by atoms with Crippen molar-refractivity contribution in [3.8, 4) is 0 Å². The lowest BCUT2D eigenvalue weighted by Crippen LogP contribution is -2.49. The molecule has 2 fully saturated rings. The van der Waals surface area contributed by atoms with Gasteiger partial charge in [-0.1, -0.05) is 6.42 Å². The van der Waals surface area contributed by atoms with Gasteiger partial charge in [-0.25, -0.2) is 4.79 Å². The molecule has 2 rings (SSSR count). The van der Waals surface area contributed by atoms with Crippen molar-refractivity contribution < 1.29 is 19.4 Å². The van der Waals surface area contributed by atoms with Crippen molar-refractivity contribution in [2.75, 3.05) is 19.7 Å². The second-order valence-electron chi connectivity index (χ2n) is 5.47. The number of nitrogens with one attached hydrogen (secondary N) is 2. The Bertz CT molecular complexity index is 336. The highest BCUT2D eigenvalue weighted by atomic mass is 16.5. The van der Waals surface area contributed by atoms with E-state index < -0.39 is 11.4 Å². The first-order valence-electron chi connectivity index (χ1n) is 6.99. The number of carbonyl (C=O) groups excluding carboxylic acids is 1. The summed E-state index contributed by atoms with van der Waals surface area (Å²) < 4.78 is 5.46. The van der Waals surface area contributed by atoms with Crippen LogP contribution in [0.4, 0.5) is 4.79 Å². The highest BCUT2D eigenvalue weighted by Crippen LogP contribution is 2.40. The molecule has 108 valence electrons. The van der Waals surface area contributed by atoms with Crippen LogP contribution in [0, 0.1) is 5.41 Å². The second-order valence-corrected chi connectivity index (χ2v) is 5.47. The van der Waals surface area contributed by atoms with Gasteiger partial charge < -0.3 is 20.5 Å². The third-order valence-corrected chi connectivity index (χ3v) is 4.13. The first-order chi connectivity index (χ1) is 9.12. The van der Waals surface area contributed by atoms with Gasteiger partial charge in [0.15, 0.2) is 0 Å². The van der Waals surface area contributed by atoms with Crippen molar-refractivity contribution in [2.24, 2.45) is 5.41 Å². The molecule has 1 saturated carbocycles. The standard InChI is InChI=1S/C13H22N2O4/c16-11(17)13(5-2-6-13)9-15-12(18)14-7-4-10-3-1-8-19-10/h10H,1-9H2,(H,16,17)(H2,14,15,18). The van der Waals surface area contributed by atoms with E-state index in [9.17, 15) is 9.59 Å². The molecule has 0 aromatic carbocycles. The number of urea groups is 1. The average molecular weight is 270 g/mol. The summed E-state index contributed by atoms with van der Waals surface area (Å²) in [5, 5.41) is 14.5. The number of carboxylic acids is 1. The zero-order valence-corrected chi connectivity index (χ0v) is 11.1. The van der Waals surface area contributed by atoms with Crippen LogP contribution in [-0.4, -0.2) is 42.9 Å². The number of carbonyl (C=O) groups is 2. The molecule has 3 N–H and O–H groups in total. The topological polar surface area (TPSA) is 87.7 Å². The molecular weight excluding hydrogens is 248 g/mol. The monoisotopic (exact) mass is 270 g/mol. The van der Waals surface area contributed by atoms with Crippen molar-refractivity contribution in [1.29, 1.82) is 0 Å². The molecule has 0 spiro atoms. The Morgan fingerprint density at radius 2 is 2.05 bits per heavy atom. The highest BCUT2D eigenvalue weighted by molar-refractivity contribution is 5.78. The molecule has 2 aliphatic rings. The van der Waals surface area contributed by atoms with Crippen molar-refractivity contribution in [3.63, 3.8) is 0 Å². The van der Waals surface area contributed by atoms with Crippen molar-refractivity contribution in [3.05, 3.63) is 0 Å². The smallest absolute Gasteiger partial charge is 0.314 e. The summed E-state index contributed by atoms with van der Waals surface area (Å²) in [6.45, 7) is 1.60. The van der Waals surface area contributed by atoms with Crippen LogP contribution >= 0.6 is 0 Å². The molecule has 1 aliphatic heterocycles. The number of carboxylic acid groups (broad SMARTS) is 1. The van der Waals surface area contributed by atoms with E-state index in [-0.39, 0.29) is 18.7 Å². The molecule has 1 saturated heterocycles. The number of hydrogen-bond donors (Lipinski definition) is 3. The Morgan fingerprint density at radius 3 is 2.58 bits per heavy atom. The molecule has 6 nitrogen and oxygen atoms in total. The van der Waals surface area contributed by atoms with E-state index in [1.165, 1.54) is 0 Å². The fourth-order valence-corrected chi connectivity index (χ4v) is 2.60. The maximum absolute atomic E-state index is 11.6. The minimum absolute atomic E-state index is 0.216. The third kappa shape index (κ3) is 3.59. The zero-order chi connectivity index (χ0) is 13.7. The van der Waals surface area contributed by atoms with Crippen LogP contribution in [0.3, 0.4) is 0 Å². The molecule has 19 heavy (non-hydrogen) atoms. The lowest BCUT2D eigenvalue weighted by Gasteiger charge is -2.37. The number of rotatable bonds is 6. The quantitative estimate of drug-likeness (QED) is 0.674. The van der Waals surface area contributed by atoms with Gasteiger partial charge in [-0.15, -0.1) is 0 Å². The number of hydrogen-bond acceptors (Lipinski definition) is 3. The first-order valence-corrected chi connectivity index (χ1v) is 6.99. The van der Waals surface area contributed by atoms with Gasteiger partial charge in [0.05, 0.1) is 11.5 Å². The van der Waals surface area contributed by atoms with Gasteiger partial charge >= 0.3 is 12.0 Å². The van der Waals surface area contributed by atoms with Gasteiger partial charge in [-0.05, 0) is 32.1 Å². The predicted octanol–water partition coefficient (Wildman–Crippen LogP) is 1.11. The summed E-state index contributed by atoms with van der Waals surface area (Å²) in [6.07, 6.45) is 5.46. The molecule has 0 aromatic rings. The SMILES string of the molecule is O=C(NCCC1CCCO1)NCC1(C(=O)O)CCC1. The Kier molecular flexibility index (Phi) is 4.63. The lowest BCUT2D eigenvalue weighted by atomic mass is 9.69. The van der Waals surface area contributed by atoms with E-state index in [1.807, 2.05) is 0 Å². The van der Waals surface area contributed by atoms with E-state index in [0.29, 0.717) is 19.4 Å². The van der Waals surface area contributed by atoms with E-state index in [1.54, 1.807) is 0 Å². The van der Waals surface area contributed by atoms with Gasteiger partial charge in [0, 0.05) is 19.7 Å². The van der Waals surface area contributed by atoms with E-state index in [0.717, 1.165) is 32.3 Å². The highest BCUT2D eigenvalue weighted by Gasteiger charge is 2.44. The summed E-state index contributed by atoms with van der Waals surface area (Å²) in [6, 6.07) is -0.287. The largest absolute Gasteiger partial charge is 0.481 e. The van der Waals surface area contributed by atoms with Gasteiger partial charge in [0.25, 0.3) is 0 Å². The molecule has 1 aliphatic carbocycles. The van der Waals surface area contributed by atoms with Crippen LogP contribution in [0.25, 0.3) is 0 Å².